The lowest BCUT2D eigenvalue weighted by atomic mass is 10.1. The van der Waals surface area contributed by atoms with Gasteiger partial charge in [-0.15, -0.1) is 11.6 Å². The second-order valence-corrected chi connectivity index (χ2v) is 3.79. The highest BCUT2D eigenvalue weighted by Crippen LogP contribution is 2.04. The molecule has 0 aromatic carbocycles. The van der Waals surface area contributed by atoms with Crippen LogP contribution in [0.4, 0.5) is 0 Å². The number of alkyl halides is 1. The SMILES string of the molecule is Cc1[nH]ncc1CCCNC(=O)CCCl. The van der Waals surface area contributed by atoms with Crippen LogP contribution in [0.25, 0.3) is 0 Å². The van der Waals surface area contributed by atoms with Gasteiger partial charge < -0.3 is 5.32 Å². The number of aromatic nitrogens is 2. The van der Waals surface area contributed by atoms with Gasteiger partial charge in [0.2, 0.25) is 5.91 Å². The van der Waals surface area contributed by atoms with E-state index in [0.29, 0.717) is 18.8 Å². The molecular weight excluding hydrogens is 214 g/mol. The fourth-order valence-corrected chi connectivity index (χ4v) is 1.48. The van der Waals surface area contributed by atoms with E-state index in [9.17, 15) is 4.79 Å². The summed E-state index contributed by atoms with van der Waals surface area (Å²) in [5, 5.41) is 9.63. The second-order valence-electron chi connectivity index (χ2n) is 3.41. The molecule has 1 rings (SSSR count). The Labute approximate surface area is 94.4 Å². The van der Waals surface area contributed by atoms with Crippen LogP contribution in [0.2, 0.25) is 0 Å². The van der Waals surface area contributed by atoms with Crippen LogP contribution in [-0.4, -0.2) is 28.5 Å². The van der Waals surface area contributed by atoms with Crippen molar-refractivity contribution in [1.29, 1.82) is 0 Å². The molecule has 0 aliphatic rings. The van der Waals surface area contributed by atoms with Crippen molar-refractivity contribution in [3.63, 3.8) is 0 Å². The summed E-state index contributed by atoms with van der Waals surface area (Å²) in [6.07, 6.45) is 4.08. The predicted octanol–water partition coefficient (Wildman–Crippen LogP) is 1.40. The second kappa shape index (κ2) is 6.45. The molecule has 0 atom stereocenters. The van der Waals surface area contributed by atoms with Gasteiger partial charge in [-0.1, -0.05) is 0 Å². The van der Waals surface area contributed by atoms with Gasteiger partial charge in [-0.05, 0) is 25.3 Å². The van der Waals surface area contributed by atoms with Gasteiger partial charge in [0.25, 0.3) is 0 Å². The van der Waals surface area contributed by atoms with Gasteiger partial charge in [0.05, 0.1) is 6.20 Å². The summed E-state index contributed by atoms with van der Waals surface area (Å²) in [4.78, 5) is 11.1. The fourth-order valence-electron chi connectivity index (χ4n) is 1.31. The quantitative estimate of drug-likeness (QED) is 0.572. The average Bonchev–Trinajstić information content (AvgIpc) is 2.60. The zero-order valence-corrected chi connectivity index (χ0v) is 9.60. The van der Waals surface area contributed by atoms with Crippen molar-refractivity contribution in [2.24, 2.45) is 0 Å². The van der Waals surface area contributed by atoms with E-state index in [1.165, 1.54) is 5.56 Å². The maximum atomic E-state index is 11.1. The summed E-state index contributed by atoms with van der Waals surface area (Å²) < 4.78 is 0. The molecule has 0 bridgehead atoms. The first-order valence-corrected chi connectivity index (χ1v) is 5.59. The third-order valence-corrected chi connectivity index (χ3v) is 2.39. The highest BCUT2D eigenvalue weighted by atomic mass is 35.5. The molecule has 5 heteroatoms. The van der Waals surface area contributed by atoms with Gasteiger partial charge in [0.1, 0.15) is 0 Å². The minimum atomic E-state index is 0.0221. The summed E-state index contributed by atoms with van der Waals surface area (Å²) in [5.41, 5.74) is 2.31. The van der Waals surface area contributed by atoms with Crippen LogP contribution < -0.4 is 5.32 Å². The third kappa shape index (κ3) is 4.34. The first kappa shape index (κ1) is 12.0. The summed E-state index contributed by atoms with van der Waals surface area (Å²) >= 11 is 5.44. The number of H-pyrrole nitrogens is 1. The highest BCUT2D eigenvalue weighted by molar-refractivity contribution is 6.18. The lowest BCUT2D eigenvalue weighted by Crippen LogP contribution is -2.24. The van der Waals surface area contributed by atoms with Crippen molar-refractivity contribution >= 4 is 17.5 Å². The molecule has 84 valence electrons. The molecule has 4 nitrogen and oxygen atoms in total. The third-order valence-electron chi connectivity index (χ3n) is 2.20. The Morgan fingerprint density at radius 2 is 2.47 bits per heavy atom. The van der Waals surface area contributed by atoms with Gasteiger partial charge in [-0.3, -0.25) is 9.89 Å². The first-order valence-electron chi connectivity index (χ1n) is 5.05. The maximum absolute atomic E-state index is 11.1. The van der Waals surface area contributed by atoms with Crippen molar-refractivity contribution in [3.05, 3.63) is 17.5 Å². The van der Waals surface area contributed by atoms with Crippen molar-refractivity contribution in [2.75, 3.05) is 12.4 Å². The fraction of sp³-hybridized carbons (Fsp3) is 0.600. The van der Waals surface area contributed by atoms with Crippen LogP contribution in [0.1, 0.15) is 24.1 Å². The molecule has 0 aliphatic carbocycles. The van der Waals surface area contributed by atoms with Crippen LogP contribution in [0.3, 0.4) is 0 Å². The van der Waals surface area contributed by atoms with E-state index < -0.39 is 0 Å². The van der Waals surface area contributed by atoms with Crippen LogP contribution in [-0.2, 0) is 11.2 Å². The van der Waals surface area contributed by atoms with Crippen LogP contribution >= 0.6 is 11.6 Å². The number of amides is 1. The van der Waals surface area contributed by atoms with E-state index in [0.717, 1.165) is 18.5 Å². The van der Waals surface area contributed by atoms with Crippen LogP contribution in [0.15, 0.2) is 6.20 Å². The number of nitrogens with zero attached hydrogens (tertiary/aromatic N) is 1. The van der Waals surface area contributed by atoms with Crippen molar-refractivity contribution in [1.82, 2.24) is 15.5 Å². The number of hydrogen-bond donors (Lipinski definition) is 2. The van der Waals surface area contributed by atoms with Crippen molar-refractivity contribution in [3.8, 4) is 0 Å². The summed E-state index contributed by atoms with van der Waals surface area (Å²) in [6, 6.07) is 0. The molecular formula is C10H16ClN3O. The predicted molar refractivity (Wildman–Crippen MR) is 60.0 cm³/mol. The molecule has 1 aromatic heterocycles. The number of carbonyl (C=O) groups is 1. The Kier molecular flexibility index (Phi) is 5.18. The van der Waals surface area contributed by atoms with Gasteiger partial charge in [-0.2, -0.15) is 5.10 Å². The van der Waals surface area contributed by atoms with Gasteiger partial charge in [-0.25, -0.2) is 0 Å². The Bertz CT molecular complexity index is 311. The number of hydrogen-bond acceptors (Lipinski definition) is 2. The molecule has 0 aliphatic heterocycles. The molecule has 1 amide bonds. The Morgan fingerprint density at radius 1 is 1.67 bits per heavy atom. The normalized spacial score (nSPS) is 10.3. The number of rotatable bonds is 6. The molecule has 0 radical (unpaired) electrons. The van der Waals surface area contributed by atoms with E-state index >= 15 is 0 Å². The summed E-state index contributed by atoms with van der Waals surface area (Å²) in [6.45, 7) is 2.69. The number of aromatic amines is 1. The first-order chi connectivity index (χ1) is 7.24. The molecule has 0 saturated heterocycles. The molecule has 0 spiro atoms. The van der Waals surface area contributed by atoms with Gasteiger partial charge in [0.15, 0.2) is 0 Å². The number of nitrogens with one attached hydrogen (secondary N) is 2. The highest BCUT2D eigenvalue weighted by Gasteiger charge is 2.01. The van der Waals surface area contributed by atoms with Crippen molar-refractivity contribution in [2.45, 2.75) is 26.2 Å². The maximum Gasteiger partial charge on any atom is 0.221 e. The summed E-state index contributed by atoms with van der Waals surface area (Å²) in [7, 11) is 0. The summed E-state index contributed by atoms with van der Waals surface area (Å²) in [5.74, 6) is 0.404. The van der Waals surface area contributed by atoms with Crippen LogP contribution in [0, 0.1) is 6.92 Å². The molecule has 1 heterocycles. The Balaban J connectivity index is 2.12. The largest absolute Gasteiger partial charge is 0.356 e. The minimum absolute atomic E-state index is 0.0221. The zero-order valence-electron chi connectivity index (χ0n) is 8.85. The molecule has 1 aromatic rings. The molecule has 0 saturated carbocycles. The Hall–Kier alpha value is -1.03. The van der Waals surface area contributed by atoms with E-state index in [4.69, 9.17) is 11.6 Å². The Morgan fingerprint density at radius 3 is 3.07 bits per heavy atom. The smallest absolute Gasteiger partial charge is 0.221 e. The molecule has 0 unspecified atom stereocenters. The average molecular weight is 230 g/mol. The van der Waals surface area contributed by atoms with E-state index in [2.05, 4.69) is 15.5 Å². The van der Waals surface area contributed by atoms with E-state index in [1.807, 2.05) is 13.1 Å². The number of aryl methyl sites for hydroxylation is 2. The lowest BCUT2D eigenvalue weighted by Gasteiger charge is -2.03. The number of carbonyl (C=O) groups excluding carboxylic acids is 1. The topological polar surface area (TPSA) is 57.8 Å². The lowest BCUT2D eigenvalue weighted by molar-refractivity contribution is -0.120. The van der Waals surface area contributed by atoms with Crippen LogP contribution in [0.5, 0.6) is 0 Å². The molecule has 15 heavy (non-hydrogen) atoms. The minimum Gasteiger partial charge on any atom is -0.356 e. The monoisotopic (exact) mass is 229 g/mol. The molecule has 2 N–H and O–H groups in total. The standard InChI is InChI=1S/C10H16ClN3O/c1-8-9(7-13-14-8)3-2-6-12-10(15)4-5-11/h7H,2-6H2,1H3,(H,12,15)(H,13,14). The van der Waals surface area contributed by atoms with E-state index in [1.54, 1.807) is 0 Å². The molecule has 0 fully saturated rings. The van der Waals surface area contributed by atoms with Gasteiger partial charge >= 0.3 is 0 Å². The van der Waals surface area contributed by atoms with Crippen molar-refractivity contribution < 1.29 is 4.79 Å². The zero-order chi connectivity index (χ0) is 11.1. The van der Waals surface area contributed by atoms with Gasteiger partial charge in [0, 0.05) is 24.5 Å². The number of halogens is 1. The van der Waals surface area contributed by atoms with E-state index in [-0.39, 0.29) is 5.91 Å².